The Morgan fingerprint density at radius 2 is 1.80 bits per heavy atom. The molecule has 3 aliphatic heterocycles. The molecule has 5 rings (SSSR count). The Bertz CT molecular complexity index is 1370. The van der Waals surface area contributed by atoms with Gasteiger partial charge >= 0.3 is 5.97 Å². The highest BCUT2D eigenvalue weighted by molar-refractivity contribution is 8.16. The molecule has 10 heteroatoms. The molecule has 0 aromatic heterocycles. The van der Waals surface area contributed by atoms with E-state index in [0.717, 1.165) is 42.8 Å². The number of nitrogens with zero attached hydrogens (tertiary/aromatic N) is 3. The molecule has 0 aliphatic carbocycles. The van der Waals surface area contributed by atoms with E-state index in [9.17, 15) is 9.59 Å². The van der Waals surface area contributed by atoms with Crippen LogP contribution < -0.4 is 9.47 Å². The van der Waals surface area contributed by atoms with Crippen LogP contribution >= 0.6 is 11.8 Å². The first-order valence-corrected chi connectivity index (χ1v) is 14.6. The van der Waals surface area contributed by atoms with Crippen LogP contribution in [0, 0.1) is 0 Å². The molecule has 3 aliphatic rings. The Hall–Kier alpha value is -3.76. The first-order valence-electron chi connectivity index (χ1n) is 13.7. The summed E-state index contributed by atoms with van der Waals surface area (Å²) in [5.41, 5.74) is 3.61. The topological polar surface area (TPSA) is 89.9 Å². The molecule has 1 unspecified atom stereocenters. The standard InChI is InChI=1S/C31H35N3O6S/c1-21-28(30(36)39-16-15-37-2)29(34-24(20-41-31(34)32-21)18-27(35)33-13-7-8-14-33)23-11-12-25(26(17-23)38-3)40-19-22-9-5-4-6-10-22/h4-6,9-12,17,20,29H,7-8,13-16,18-19H2,1-3H3. The van der Waals surface area contributed by atoms with Gasteiger partial charge < -0.3 is 28.7 Å². The van der Waals surface area contributed by atoms with Crippen molar-refractivity contribution in [2.45, 2.75) is 38.8 Å². The monoisotopic (exact) mass is 577 g/mol. The highest BCUT2D eigenvalue weighted by atomic mass is 32.2. The van der Waals surface area contributed by atoms with Gasteiger partial charge in [-0.2, -0.15) is 0 Å². The molecule has 0 radical (unpaired) electrons. The first-order chi connectivity index (χ1) is 20.0. The molecule has 41 heavy (non-hydrogen) atoms. The van der Waals surface area contributed by atoms with E-state index in [-0.39, 0.29) is 25.5 Å². The number of carbonyl (C=O) groups is 2. The largest absolute Gasteiger partial charge is 0.493 e. The summed E-state index contributed by atoms with van der Waals surface area (Å²) in [6.07, 6.45) is 2.27. The van der Waals surface area contributed by atoms with Gasteiger partial charge in [0.15, 0.2) is 16.7 Å². The second kappa shape index (κ2) is 13.3. The van der Waals surface area contributed by atoms with E-state index in [1.165, 1.54) is 11.8 Å². The third-order valence-electron chi connectivity index (χ3n) is 7.27. The maximum absolute atomic E-state index is 13.5. The van der Waals surface area contributed by atoms with Gasteiger partial charge in [0.1, 0.15) is 13.2 Å². The molecule has 3 heterocycles. The molecule has 9 nitrogen and oxygen atoms in total. The minimum atomic E-state index is -0.567. The molecule has 0 bridgehead atoms. The number of hydrogen-bond donors (Lipinski definition) is 0. The lowest BCUT2D eigenvalue weighted by atomic mass is 9.93. The Balaban J connectivity index is 1.48. The average molecular weight is 578 g/mol. The lowest BCUT2D eigenvalue weighted by Gasteiger charge is -2.36. The molecule has 1 amide bonds. The molecule has 0 spiro atoms. The fourth-order valence-electron chi connectivity index (χ4n) is 5.18. The van der Waals surface area contributed by atoms with E-state index in [0.29, 0.717) is 34.5 Å². The number of methoxy groups -OCH3 is 2. The average Bonchev–Trinajstić information content (AvgIpc) is 3.67. The quantitative estimate of drug-likeness (QED) is 0.271. The predicted molar refractivity (Wildman–Crippen MR) is 157 cm³/mol. The second-order valence-electron chi connectivity index (χ2n) is 9.97. The molecular weight excluding hydrogens is 542 g/mol. The number of fused-ring (bicyclic) bond motifs is 1. The number of thioether (sulfide) groups is 1. The highest BCUT2D eigenvalue weighted by Crippen LogP contribution is 2.46. The maximum Gasteiger partial charge on any atom is 0.338 e. The number of amidine groups is 1. The normalized spacial score (nSPS) is 18.2. The summed E-state index contributed by atoms with van der Waals surface area (Å²) in [7, 11) is 3.15. The Kier molecular flexibility index (Phi) is 9.31. The van der Waals surface area contributed by atoms with Crippen LogP contribution in [0.3, 0.4) is 0 Å². The molecule has 1 fully saturated rings. The summed E-state index contributed by atoms with van der Waals surface area (Å²) in [6, 6.07) is 15.0. The van der Waals surface area contributed by atoms with Crippen molar-refractivity contribution in [2.75, 3.05) is 40.5 Å². The lowest BCUT2D eigenvalue weighted by molar-refractivity contribution is -0.141. The zero-order chi connectivity index (χ0) is 28.8. The summed E-state index contributed by atoms with van der Waals surface area (Å²) >= 11 is 1.46. The van der Waals surface area contributed by atoms with Crippen molar-refractivity contribution in [2.24, 2.45) is 4.99 Å². The number of aliphatic imine (C=N–C) groups is 1. The van der Waals surface area contributed by atoms with Crippen molar-refractivity contribution in [1.29, 1.82) is 0 Å². The first kappa shape index (κ1) is 28.8. The number of allylic oxidation sites excluding steroid dienone is 1. The lowest BCUT2D eigenvalue weighted by Crippen LogP contribution is -2.38. The van der Waals surface area contributed by atoms with Crippen molar-refractivity contribution in [3.63, 3.8) is 0 Å². The zero-order valence-corrected chi connectivity index (χ0v) is 24.4. The third kappa shape index (κ3) is 6.44. The molecule has 2 aromatic rings. The molecular formula is C31H35N3O6S. The van der Waals surface area contributed by atoms with E-state index in [2.05, 4.69) is 0 Å². The van der Waals surface area contributed by atoms with Gasteiger partial charge in [0.25, 0.3) is 0 Å². The Morgan fingerprint density at radius 3 is 2.54 bits per heavy atom. The van der Waals surface area contributed by atoms with Gasteiger partial charge in [-0.25, -0.2) is 9.79 Å². The van der Waals surface area contributed by atoms with Crippen molar-refractivity contribution in [3.05, 3.63) is 82.0 Å². The van der Waals surface area contributed by atoms with Gasteiger partial charge in [-0.15, -0.1) is 0 Å². The minimum Gasteiger partial charge on any atom is -0.493 e. The van der Waals surface area contributed by atoms with Crippen LogP contribution in [0.15, 0.2) is 75.9 Å². The Labute approximate surface area is 244 Å². The number of amides is 1. The van der Waals surface area contributed by atoms with Gasteiger partial charge in [-0.1, -0.05) is 48.2 Å². The van der Waals surface area contributed by atoms with Crippen molar-refractivity contribution in [1.82, 2.24) is 9.80 Å². The fourth-order valence-corrected chi connectivity index (χ4v) is 6.15. The van der Waals surface area contributed by atoms with Crippen LogP contribution in [0.2, 0.25) is 0 Å². The molecule has 1 saturated heterocycles. The molecule has 0 saturated carbocycles. The van der Waals surface area contributed by atoms with Crippen molar-refractivity contribution < 1.29 is 28.5 Å². The van der Waals surface area contributed by atoms with Crippen LogP contribution in [-0.4, -0.2) is 67.4 Å². The van der Waals surface area contributed by atoms with E-state index in [4.69, 9.17) is 23.9 Å². The summed E-state index contributed by atoms with van der Waals surface area (Å²) in [5, 5.41) is 2.68. The van der Waals surface area contributed by atoms with E-state index >= 15 is 0 Å². The Morgan fingerprint density at radius 1 is 1.02 bits per heavy atom. The molecule has 0 N–H and O–H groups in total. The second-order valence-corrected chi connectivity index (χ2v) is 10.8. The molecule has 1 atom stereocenters. The van der Waals surface area contributed by atoms with Gasteiger partial charge in [0.2, 0.25) is 5.91 Å². The number of rotatable bonds is 11. The van der Waals surface area contributed by atoms with Crippen LogP contribution in [0.1, 0.15) is 43.4 Å². The van der Waals surface area contributed by atoms with E-state index in [1.54, 1.807) is 14.2 Å². The fraction of sp³-hybridized carbons (Fsp3) is 0.387. The third-order valence-corrected chi connectivity index (χ3v) is 8.16. The minimum absolute atomic E-state index is 0.0760. The summed E-state index contributed by atoms with van der Waals surface area (Å²) < 4.78 is 22.5. The van der Waals surface area contributed by atoms with Crippen LogP contribution in [-0.2, 0) is 25.7 Å². The highest BCUT2D eigenvalue weighted by Gasteiger charge is 2.42. The van der Waals surface area contributed by atoms with Crippen molar-refractivity contribution in [3.8, 4) is 11.5 Å². The van der Waals surface area contributed by atoms with Gasteiger partial charge in [0.05, 0.1) is 37.4 Å². The number of hydrogen-bond acceptors (Lipinski definition) is 9. The zero-order valence-electron chi connectivity index (χ0n) is 23.6. The number of carbonyl (C=O) groups excluding carboxylic acids is 2. The van der Waals surface area contributed by atoms with Crippen LogP contribution in [0.4, 0.5) is 0 Å². The van der Waals surface area contributed by atoms with Crippen molar-refractivity contribution >= 4 is 28.8 Å². The van der Waals surface area contributed by atoms with Gasteiger partial charge in [-0.3, -0.25) is 4.79 Å². The molecule has 2 aromatic carbocycles. The SMILES string of the molecule is COCCOC(=O)C1=C(C)N=C2SC=C(CC(=O)N3CCCC3)N2C1c1ccc(OCc2ccccc2)c(OC)c1. The van der Waals surface area contributed by atoms with Gasteiger partial charge in [0, 0.05) is 25.9 Å². The molecule has 216 valence electrons. The maximum atomic E-state index is 13.5. The number of esters is 1. The smallest absolute Gasteiger partial charge is 0.338 e. The van der Waals surface area contributed by atoms with Crippen LogP contribution in [0.5, 0.6) is 11.5 Å². The number of likely N-dealkylation sites (tertiary alicyclic amines) is 1. The summed E-state index contributed by atoms with van der Waals surface area (Å²) in [5.74, 6) is 0.730. The van der Waals surface area contributed by atoms with E-state index in [1.807, 2.05) is 70.7 Å². The summed E-state index contributed by atoms with van der Waals surface area (Å²) in [6.45, 7) is 4.17. The number of benzene rings is 2. The van der Waals surface area contributed by atoms with Gasteiger partial charge in [-0.05, 0) is 48.4 Å². The van der Waals surface area contributed by atoms with E-state index < -0.39 is 12.0 Å². The number of ether oxygens (including phenoxy) is 4. The predicted octanol–water partition coefficient (Wildman–Crippen LogP) is 5.05. The summed E-state index contributed by atoms with van der Waals surface area (Å²) in [4.78, 5) is 35.3. The van der Waals surface area contributed by atoms with Crippen LogP contribution in [0.25, 0.3) is 0 Å².